The van der Waals surface area contributed by atoms with Gasteiger partial charge in [0.15, 0.2) is 5.58 Å². The topological polar surface area (TPSA) is 45.9 Å². The Bertz CT molecular complexity index is 2870. The molecule has 3 heterocycles. The molecule has 0 N–H and O–H groups in total. The van der Waals surface area contributed by atoms with Crippen molar-refractivity contribution in [3.05, 3.63) is 176 Å². The molecular weight excluding hydrogens is 651 g/mol. The van der Waals surface area contributed by atoms with Gasteiger partial charge in [-0.15, -0.1) is 0 Å². The number of anilines is 5. The molecule has 0 bridgehead atoms. The van der Waals surface area contributed by atoms with Gasteiger partial charge in [-0.05, 0) is 63.8 Å². The number of amides is 1. The second-order valence-electron chi connectivity index (χ2n) is 13.6. The smallest absolute Gasteiger partial charge is 0.424 e. The summed E-state index contributed by atoms with van der Waals surface area (Å²) in [4.78, 5) is 18.6. The average Bonchev–Trinajstić information content (AvgIpc) is 3.60. The van der Waals surface area contributed by atoms with Crippen LogP contribution in [0.15, 0.2) is 180 Å². The molecule has 0 radical (unpaired) electrons. The fourth-order valence-electron chi connectivity index (χ4n) is 8.51. The van der Waals surface area contributed by atoms with Crippen LogP contribution in [0.3, 0.4) is 0 Å². The van der Waals surface area contributed by atoms with Crippen molar-refractivity contribution < 1.29 is 13.9 Å². The number of para-hydroxylation sites is 3. The predicted octanol–water partition coefficient (Wildman–Crippen LogP) is 10.4. The highest BCUT2D eigenvalue weighted by molar-refractivity contribution is 6.99. The van der Waals surface area contributed by atoms with E-state index in [2.05, 4.69) is 114 Å². The molecule has 5 nitrogen and oxygen atoms in total. The maximum Gasteiger partial charge on any atom is 0.424 e. The standard InChI is InChI=1S/C47H29BN2O3/c51-47-50-44-39(26-24-31-28-34(29-42(53-47)43(31)44)49(32-16-6-2-7-17-32)33-18-8-3-9-19-33)48(38-22-12-10-20-35(38)30-14-4-1-5-15-30)40-27-25-37-36-21-11-13-23-41(36)52-46(37)45(40)50/h1-29H. The fourth-order valence-corrected chi connectivity index (χ4v) is 8.51. The van der Waals surface area contributed by atoms with Crippen molar-refractivity contribution in [1.29, 1.82) is 0 Å². The summed E-state index contributed by atoms with van der Waals surface area (Å²) >= 11 is 0. The molecule has 1 amide bonds. The van der Waals surface area contributed by atoms with Gasteiger partial charge in [0, 0.05) is 33.6 Å². The van der Waals surface area contributed by atoms with Gasteiger partial charge < -0.3 is 14.1 Å². The van der Waals surface area contributed by atoms with Gasteiger partial charge in [0.25, 0.3) is 0 Å². The molecule has 0 saturated carbocycles. The average molecular weight is 681 g/mol. The number of benzene rings is 8. The highest BCUT2D eigenvalue weighted by Gasteiger charge is 2.44. The summed E-state index contributed by atoms with van der Waals surface area (Å²) in [6.07, 6.45) is -0.460. The number of ether oxygens (including phenoxy) is 1. The molecule has 0 spiro atoms. The lowest BCUT2D eigenvalue weighted by Crippen LogP contribution is -2.60. The fraction of sp³-hybridized carbons (Fsp3) is 0. The maximum atomic E-state index is 14.6. The summed E-state index contributed by atoms with van der Waals surface area (Å²) in [5, 5.41) is 3.84. The third-order valence-corrected chi connectivity index (χ3v) is 10.7. The summed E-state index contributed by atoms with van der Waals surface area (Å²) in [5.74, 6) is 0.530. The lowest BCUT2D eigenvalue weighted by Gasteiger charge is -2.39. The van der Waals surface area contributed by atoms with Gasteiger partial charge in [-0.25, -0.2) is 9.69 Å². The Morgan fingerprint density at radius 1 is 0.528 bits per heavy atom. The summed E-state index contributed by atoms with van der Waals surface area (Å²) in [6, 6.07) is 60.6. The molecule has 248 valence electrons. The number of nitrogens with zero attached hydrogens (tertiary/aromatic N) is 2. The third kappa shape index (κ3) is 4.42. The highest BCUT2D eigenvalue weighted by Crippen LogP contribution is 2.49. The van der Waals surface area contributed by atoms with Crippen LogP contribution in [-0.2, 0) is 0 Å². The molecule has 1 aromatic heterocycles. The molecule has 0 fully saturated rings. The normalized spacial score (nSPS) is 13.0. The largest absolute Gasteiger partial charge is 0.454 e. The van der Waals surface area contributed by atoms with Crippen LogP contribution >= 0.6 is 0 Å². The van der Waals surface area contributed by atoms with E-state index in [9.17, 15) is 4.79 Å². The number of hydrogen-bond acceptors (Lipinski definition) is 4. The minimum atomic E-state index is -0.460. The Morgan fingerprint density at radius 3 is 1.94 bits per heavy atom. The molecule has 9 aromatic rings. The summed E-state index contributed by atoms with van der Waals surface area (Å²) < 4.78 is 13.1. The molecule has 0 saturated heterocycles. The van der Waals surface area contributed by atoms with Crippen molar-refractivity contribution in [3.8, 4) is 16.9 Å². The highest BCUT2D eigenvalue weighted by atomic mass is 16.6. The molecule has 0 unspecified atom stereocenters. The number of fused-ring (bicyclic) bond motifs is 6. The van der Waals surface area contributed by atoms with Crippen LogP contribution in [-0.4, -0.2) is 12.8 Å². The van der Waals surface area contributed by atoms with Crippen LogP contribution < -0.4 is 30.9 Å². The molecule has 8 aromatic carbocycles. The SMILES string of the molecule is O=C1Oc2cc(N(c3ccccc3)c3ccccc3)cc3ccc4c(c23)N1c1c(ccc2c1oc1ccccc12)B4c1ccccc1-c1ccccc1. The number of furan rings is 1. The molecule has 53 heavy (non-hydrogen) atoms. The lowest BCUT2D eigenvalue weighted by atomic mass is 9.34. The van der Waals surface area contributed by atoms with E-state index in [4.69, 9.17) is 9.15 Å². The molecule has 11 rings (SSSR count). The second-order valence-corrected chi connectivity index (χ2v) is 13.6. The van der Waals surface area contributed by atoms with E-state index < -0.39 is 6.09 Å². The first-order valence-corrected chi connectivity index (χ1v) is 17.8. The zero-order valence-electron chi connectivity index (χ0n) is 28.4. The first-order valence-electron chi connectivity index (χ1n) is 17.8. The lowest BCUT2D eigenvalue weighted by molar-refractivity contribution is 0.210. The van der Waals surface area contributed by atoms with Crippen LogP contribution in [0.4, 0.5) is 33.2 Å². The first kappa shape index (κ1) is 29.7. The molecule has 2 aliphatic rings. The zero-order chi connectivity index (χ0) is 35.0. The van der Waals surface area contributed by atoms with E-state index >= 15 is 0 Å². The van der Waals surface area contributed by atoms with Crippen molar-refractivity contribution in [3.63, 3.8) is 0 Å². The second kappa shape index (κ2) is 11.5. The van der Waals surface area contributed by atoms with E-state index in [0.29, 0.717) is 11.3 Å². The van der Waals surface area contributed by atoms with Crippen LogP contribution in [0.1, 0.15) is 0 Å². The van der Waals surface area contributed by atoms with Gasteiger partial charge in [0.1, 0.15) is 11.3 Å². The van der Waals surface area contributed by atoms with Crippen LogP contribution in [0.2, 0.25) is 0 Å². The van der Waals surface area contributed by atoms with Gasteiger partial charge in [0.05, 0.1) is 17.1 Å². The van der Waals surface area contributed by atoms with E-state index in [-0.39, 0.29) is 6.71 Å². The Labute approximate surface area is 306 Å². The van der Waals surface area contributed by atoms with Crippen LogP contribution in [0.5, 0.6) is 5.75 Å². The first-order chi connectivity index (χ1) is 26.2. The summed E-state index contributed by atoms with van der Waals surface area (Å²) in [7, 11) is 0. The van der Waals surface area contributed by atoms with Crippen LogP contribution in [0.25, 0.3) is 43.8 Å². The Hall–Kier alpha value is -7.05. The molecular formula is C47H29BN2O3. The number of hydrogen-bond donors (Lipinski definition) is 0. The van der Waals surface area contributed by atoms with Crippen molar-refractivity contribution in [1.82, 2.24) is 0 Å². The minimum absolute atomic E-state index is 0.196. The van der Waals surface area contributed by atoms with E-state index in [1.807, 2.05) is 66.7 Å². The Morgan fingerprint density at radius 2 is 1.17 bits per heavy atom. The van der Waals surface area contributed by atoms with Crippen molar-refractivity contribution in [2.45, 2.75) is 0 Å². The van der Waals surface area contributed by atoms with Gasteiger partial charge in [-0.1, -0.05) is 139 Å². The molecule has 0 atom stereocenters. The summed E-state index contributed by atoms with van der Waals surface area (Å²) in [5.41, 5.74) is 11.4. The van der Waals surface area contributed by atoms with Crippen molar-refractivity contribution >= 4 is 90.3 Å². The monoisotopic (exact) mass is 680 g/mol. The molecule has 2 aliphatic heterocycles. The zero-order valence-corrected chi connectivity index (χ0v) is 28.4. The third-order valence-electron chi connectivity index (χ3n) is 10.7. The van der Waals surface area contributed by atoms with Crippen molar-refractivity contribution in [2.75, 3.05) is 9.80 Å². The molecule has 6 heteroatoms. The Balaban J connectivity index is 1.21. The van der Waals surface area contributed by atoms with Crippen LogP contribution in [0, 0.1) is 0 Å². The number of carbonyl (C=O) groups is 1. The predicted molar refractivity (Wildman–Crippen MR) is 217 cm³/mol. The maximum absolute atomic E-state index is 14.6. The van der Waals surface area contributed by atoms with Gasteiger partial charge in [-0.2, -0.15) is 0 Å². The Kier molecular flexibility index (Phi) is 6.43. The van der Waals surface area contributed by atoms with Gasteiger partial charge in [-0.3, -0.25) is 0 Å². The number of carbonyl (C=O) groups excluding carboxylic acids is 1. The van der Waals surface area contributed by atoms with E-state index in [1.54, 1.807) is 4.90 Å². The van der Waals surface area contributed by atoms with Gasteiger partial charge in [0.2, 0.25) is 6.71 Å². The minimum Gasteiger partial charge on any atom is -0.454 e. The number of rotatable bonds is 5. The van der Waals surface area contributed by atoms with Crippen molar-refractivity contribution in [2.24, 2.45) is 0 Å². The quantitative estimate of drug-likeness (QED) is 0.170. The molecule has 0 aliphatic carbocycles. The summed E-state index contributed by atoms with van der Waals surface area (Å²) in [6.45, 7) is -0.196. The van der Waals surface area contributed by atoms with Gasteiger partial charge >= 0.3 is 6.09 Å². The van der Waals surface area contributed by atoms with E-state index in [1.165, 1.54) is 0 Å². The van der Waals surface area contributed by atoms with E-state index in [0.717, 1.165) is 83.1 Å².